The summed E-state index contributed by atoms with van der Waals surface area (Å²) in [5.41, 5.74) is 1.69. The quantitative estimate of drug-likeness (QED) is 0.634. The SMILES string of the molecule is O=C(CC1CCCC1)NCC(=O)Nc1ccc(NC(=O)c2ccc(Cl)cc2)cc1. The zero-order chi connectivity index (χ0) is 20.6. The molecular weight excluding hydrogens is 390 g/mol. The Hall–Kier alpha value is -2.86. The maximum atomic E-state index is 12.2. The minimum Gasteiger partial charge on any atom is -0.347 e. The zero-order valence-electron chi connectivity index (χ0n) is 16.0. The van der Waals surface area contributed by atoms with Gasteiger partial charge in [0.05, 0.1) is 6.54 Å². The second-order valence-electron chi connectivity index (χ2n) is 7.22. The van der Waals surface area contributed by atoms with Crippen LogP contribution >= 0.6 is 11.6 Å². The monoisotopic (exact) mass is 413 g/mol. The average Bonchev–Trinajstić information content (AvgIpc) is 3.21. The van der Waals surface area contributed by atoms with Crippen molar-refractivity contribution in [1.29, 1.82) is 0 Å². The standard InChI is InChI=1S/C22H24ClN3O3/c23-17-7-5-16(6-8-17)22(29)26-19-11-9-18(10-12-19)25-21(28)14-24-20(27)13-15-3-1-2-4-15/h5-12,15H,1-4,13-14H2,(H,24,27)(H,25,28)(H,26,29). The number of hydrogen-bond donors (Lipinski definition) is 3. The molecule has 1 fully saturated rings. The molecule has 6 nitrogen and oxygen atoms in total. The Kier molecular flexibility index (Phi) is 7.25. The van der Waals surface area contributed by atoms with Crippen LogP contribution in [0.25, 0.3) is 0 Å². The van der Waals surface area contributed by atoms with Gasteiger partial charge in [-0.25, -0.2) is 0 Å². The predicted octanol–water partition coefficient (Wildman–Crippen LogP) is 4.23. The normalized spacial score (nSPS) is 13.7. The van der Waals surface area contributed by atoms with Crippen molar-refractivity contribution < 1.29 is 14.4 Å². The summed E-state index contributed by atoms with van der Waals surface area (Å²) in [6, 6.07) is 13.4. The van der Waals surface area contributed by atoms with Gasteiger partial charge in [-0.3, -0.25) is 14.4 Å². The van der Waals surface area contributed by atoms with E-state index in [2.05, 4.69) is 16.0 Å². The van der Waals surface area contributed by atoms with Crippen LogP contribution in [-0.4, -0.2) is 24.3 Å². The van der Waals surface area contributed by atoms with Gasteiger partial charge in [0, 0.05) is 28.4 Å². The molecule has 0 saturated heterocycles. The summed E-state index contributed by atoms with van der Waals surface area (Å²) in [5.74, 6) is -0.160. The first-order chi connectivity index (χ1) is 14.0. The van der Waals surface area contributed by atoms with Gasteiger partial charge in [0.25, 0.3) is 5.91 Å². The smallest absolute Gasteiger partial charge is 0.255 e. The first-order valence-corrected chi connectivity index (χ1v) is 10.1. The highest BCUT2D eigenvalue weighted by atomic mass is 35.5. The maximum absolute atomic E-state index is 12.2. The largest absolute Gasteiger partial charge is 0.347 e. The molecule has 0 atom stereocenters. The van der Waals surface area contributed by atoms with Crippen LogP contribution in [0, 0.1) is 5.92 Å². The molecule has 1 saturated carbocycles. The molecule has 2 aromatic carbocycles. The molecule has 1 aliphatic carbocycles. The summed E-state index contributed by atoms with van der Waals surface area (Å²) >= 11 is 5.82. The van der Waals surface area contributed by atoms with E-state index in [0.717, 1.165) is 12.8 Å². The lowest BCUT2D eigenvalue weighted by molar-refractivity contribution is -0.124. The number of nitrogens with one attached hydrogen (secondary N) is 3. The molecule has 0 aliphatic heterocycles. The number of hydrogen-bond acceptors (Lipinski definition) is 3. The van der Waals surface area contributed by atoms with Crippen molar-refractivity contribution in [3.63, 3.8) is 0 Å². The third-order valence-corrected chi connectivity index (χ3v) is 5.18. The van der Waals surface area contributed by atoms with Gasteiger partial charge >= 0.3 is 0 Å². The van der Waals surface area contributed by atoms with Gasteiger partial charge < -0.3 is 16.0 Å². The van der Waals surface area contributed by atoms with Crippen LogP contribution in [0.5, 0.6) is 0 Å². The lowest BCUT2D eigenvalue weighted by atomic mass is 10.0. The van der Waals surface area contributed by atoms with Crippen molar-refractivity contribution in [1.82, 2.24) is 5.32 Å². The van der Waals surface area contributed by atoms with Crippen molar-refractivity contribution >= 4 is 40.7 Å². The molecule has 1 aliphatic rings. The van der Waals surface area contributed by atoms with E-state index in [1.165, 1.54) is 12.8 Å². The number of anilines is 2. The van der Waals surface area contributed by atoms with E-state index in [0.29, 0.717) is 34.3 Å². The average molecular weight is 414 g/mol. The minimum atomic E-state index is -0.289. The summed E-state index contributed by atoms with van der Waals surface area (Å²) in [6.45, 7) is -0.0550. The van der Waals surface area contributed by atoms with E-state index < -0.39 is 0 Å². The molecule has 152 valence electrons. The molecule has 0 heterocycles. The van der Waals surface area contributed by atoms with Crippen LogP contribution in [0.15, 0.2) is 48.5 Å². The van der Waals surface area contributed by atoms with Crippen LogP contribution in [0.3, 0.4) is 0 Å². The van der Waals surface area contributed by atoms with Gasteiger partial charge in [0.1, 0.15) is 0 Å². The molecule has 7 heteroatoms. The van der Waals surface area contributed by atoms with Crippen molar-refractivity contribution in [2.24, 2.45) is 5.92 Å². The van der Waals surface area contributed by atoms with Crippen LogP contribution < -0.4 is 16.0 Å². The second kappa shape index (κ2) is 10.1. The predicted molar refractivity (Wildman–Crippen MR) is 114 cm³/mol. The number of rotatable bonds is 7. The van der Waals surface area contributed by atoms with Crippen LogP contribution in [0.2, 0.25) is 5.02 Å². The van der Waals surface area contributed by atoms with Crippen LogP contribution in [-0.2, 0) is 9.59 Å². The van der Waals surface area contributed by atoms with Crippen molar-refractivity contribution in [2.45, 2.75) is 32.1 Å². The molecule has 2 aromatic rings. The van der Waals surface area contributed by atoms with Gasteiger partial charge in [-0.15, -0.1) is 0 Å². The molecular formula is C22H24ClN3O3. The van der Waals surface area contributed by atoms with E-state index in [4.69, 9.17) is 11.6 Å². The molecule has 29 heavy (non-hydrogen) atoms. The van der Waals surface area contributed by atoms with E-state index >= 15 is 0 Å². The van der Waals surface area contributed by atoms with Gasteiger partial charge in [-0.2, -0.15) is 0 Å². The summed E-state index contributed by atoms with van der Waals surface area (Å²) in [5, 5.41) is 8.75. The lowest BCUT2D eigenvalue weighted by Crippen LogP contribution is -2.33. The molecule has 3 rings (SSSR count). The Morgan fingerprint density at radius 2 is 1.41 bits per heavy atom. The van der Waals surface area contributed by atoms with E-state index in [-0.39, 0.29) is 24.3 Å². The summed E-state index contributed by atoms with van der Waals surface area (Å²) in [6.07, 6.45) is 5.07. The molecule has 0 bridgehead atoms. The van der Waals surface area contributed by atoms with Crippen LogP contribution in [0.4, 0.5) is 11.4 Å². The van der Waals surface area contributed by atoms with Crippen LogP contribution in [0.1, 0.15) is 42.5 Å². The summed E-state index contributed by atoms with van der Waals surface area (Å²) in [7, 11) is 0. The number of amides is 3. The molecule has 0 radical (unpaired) electrons. The Balaban J connectivity index is 1.43. The third-order valence-electron chi connectivity index (χ3n) is 4.93. The fraction of sp³-hybridized carbons (Fsp3) is 0.318. The number of halogens is 1. The number of carbonyl (C=O) groups is 3. The fourth-order valence-corrected chi connectivity index (χ4v) is 3.50. The lowest BCUT2D eigenvalue weighted by Gasteiger charge is -2.10. The summed E-state index contributed by atoms with van der Waals surface area (Å²) < 4.78 is 0. The zero-order valence-corrected chi connectivity index (χ0v) is 16.8. The highest BCUT2D eigenvalue weighted by Crippen LogP contribution is 2.27. The third kappa shape index (κ3) is 6.61. The van der Waals surface area contributed by atoms with E-state index in [1.54, 1.807) is 48.5 Å². The van der Waals surface area contributed by atoms with Crippen molar-refractivity contribution in [3.05, 3.63) is 59.1 Å². The first-order valence-electron chi connectivity index (χ1n) is 9.73. The van der Waals surface area contributed by atoms with Crippen molar-refractivity contribution in [3.8, 4) is 0 Å². The molecule has 3 amide bonds. The van der Waals surface area contributed by atoms with Gasteiger partial charge in [-0.1, -0.05) is 24.4 Å². The van der Waals surface area contributed by atoms with Crippen molar-refractivity contribution in [2.75, 3.05) is 17.2 Å². The Morgan fingerprint density at radius 3 is 2.03 bits per heavy atom. The molecule has 0 unspecified atom stereocenters. The van der Waals surface area contributed by atoms with E-state index in [9.17, 15) is 14.4 Å². The van der Waals surface area contributed by atoms with Gasteiger partial charge in [0.2, 0.25) is 11.8 Å². The Bertz CT molecular complexity index is 860. The number of carbonyl (C=O) groups excluding carboxylic acids is 3. The Morgan fingerprint density at radius 1 is 0.828 bits per heavy atom. The molecule has 0 spiro atoms. The Labute approximate surface area is 175 Å². The maximum Gasteiger partial charge on any atom is 0.255 e. The van der Waals surface area contributed by atoms with E-state index in [1.807, 2.05) is 0 Å². The number of benzene rings is 2. The first kappa shape index (κ1) is 20.9. The molecule has 3 N–H and O–H groups in total. The van der Waals surface area contributed by atoms with Gasteiger partial charge in [-0.05, 0) is 67.3 Å². The minimum absolute atomic E-state index is 0.0550. The van der Waals surface area contributed by atoms with Gasteiger partial charge in [0.15, 0.2) is 0 Å². The fourth-order valence-electron chi connectivity index (χ4n) is 3.37. The highest BCUT2D eigenvalue weighted by Gasteiger charge is 2.18. The molecule has 0 aromatic heterocycles. The highest BCUT2D eigenvalue weighted by molar-refractivity contribution is 6.30. The summed E-state index contributed by atoms with van der Waals surface area (Å²) in [4.78, 5) is 36.1. The second-order valence-corrected chi connectivity index (χ2v) is 7.65. The topological polar surface area (TPSA) is 87.3 Å².